The van der Waals surface area contributed by atoms with Crippen LogP contribution in [-0.4, -0.2) is 50.2 Å². The highest BCUT2D eigenvalue weighted by Gasteiger charge is 2.31. The van der Waals surface area contributed by atoms with E-state index in [1.54, 1.807) is 7.11 Å². The van der Waals surface area contributed by atoms with Crippen molar-refractivity contribution >= 4 is 18.3 Å². The molecule has 2 unspecified atom stereocenters. The average Bonchev–Trinajstić information content (AvgIpc) is 2.65. The Morgan fingerprint density at radius 1 is 1.53 bits per heavy atom. The molecule has 4 nitrogen and oxygen atoms in total. The van der Waals surface area contributed by atoms with Gasteiger partial charge in [-0.3, -0.25) is 4.79 Å². The maximum absolute atomic E-state index is 11.9. The Hall–Kier alpha value is -0.320. The second kappa shape index (κ2) is 8.72. The number of nitrogens with one attached hydrogen (secondary N) is 1. The Labute approximate surface area is 110 Å². The van der Waals surface area contributed by atoms with E-state index >= 15 is 0 Å². The van der Waals surface area contributed by atoms with Gasteiger partial charge in [-0.25, -0.2) is 0 Å². The number of nitrogens with zero attached hydrogens (tertiary/aromatic N) is 1. The summed E-state index contributed by atoms with van der Waals surface area (Å²) in [6.45, 7) is 7.12. The number of likely N-dealkylation sites (tertiary alicyclic amines) is 1. The van der Waals surface area contributed by atoms with Crippen molar-refractivity contribution in [1.29, 1.82) is 0 Å². The molecule has 102 valence electrons. The van der Waals surface area contributed by atoms with Crippen molar-refractivity contribution in [2.45, 2.75) is 32.7 Å². The van der Waals surface area contributed by atoms with Crippen molar-refractivity contribution in [2.24, 2.45) is 5.92 Å². The Kier molecular flexibility index (Phi) is 8.56. The van der Waals surface area contributed by atoms with Gasteiger partial charge in [-0.2, -0.15) is 0 Å². The zero-order valence-electron chi connectivity index (χ0n) is 11.1. The lowest BCUT2D eigenvalue weighted by Gasteiger charge is -2.23. The standard InChI is InChI=1S/C12H24N2O2.ClH/c1-4-11-7-10(2)9-14(11)12(15)8-13-5-6-16-3;/h10-11,13H,4-9H2,1-3H3;1H. The van der Waals surface area contributed by atoms with Crippen LogP contribution in [0.25, 0.3) is 0 Å². The second-order valence-electron chi connectivity index (χ2n) is 4.62. The van der Waals surface area contributed by atoms with Crippen LogP contribution in [-0.2, 0) is 9.53 Å². The van der Waals surface area contributed by atoms with Crippen LogP contribution in [0.4, 0.5) is 0 Å². The third kappa shape index (κ3) is 5.23. The van der Waals surface area contributed by atoms with E-state index in [-0.39, 0.29) is 18.3 Å². The number of carbonyl (C=O) groups excluding carboxylic acids is 1. The van der Waals surface area contributed by atoms with Gasteiger partial charge in [0.2, 0.25) is 5.91 Å². The van der Waals surface area contributed by atoms with Gasteiger partial charge in [0.05, 0.1) is 13.2 Å². The molecule has 0 saturated carbocycles. The van der Waals surface area contributed by atoms with Crippen LogP contribution in [0.1, 0.15) is 26.7 Å². The summed E-state index contributed by atoms with van der Waals surface area (Å²) in [4.78, 5) is 14.0. The lowest BCUT2D eigenvalue weighted by atomic mass is 10.1. The third-order valence-electron chi connectivity index (χ3n) is 3.17. The number of ether oxygens (including phenoxy) is 1. The molecular weight excluding hydrogens is 240 g/mol. The smallest absolute Gasteiger partial charge is 0.236 e. The molecule has 0 bridgehead atoms. The molecule has 0 radical (unpaired) electrons. The van der Waals surface area contributed by atoms with Gasteiger partial charge in [-0.1, -0.05) is 13.8 Å². The van der Waals surface area contributed by atoms with Crippen LogP contribution >= 0.6 is 12.4 Å². The minimum absolute atomic E-state index is 0. The van der Waals surface area contributed by atoms with Gasteiger partial charge < -0.3 is 15.0 Å². The van der Waals surface area contributed by atoms with Crippen molar-refractivity contribution < 1.29 is 9.53 Å². The molecule has 5 heteroatoms. The van der Waals surface area contributed by atoms with Gasteiger partial charge >= 0.3 is 0 Å². The lowest BCUT2D eigenvalue weighted by molar-refractivity contribution is -0.131. The Morgan fingerprint density at radius 3 is 2.82 bits per heavy atom. The van der Waals surface area contributed by atoms with Gasteiger partial charge in [-0.05, 0) is 18.8 Å². The van der Waals surface area contributed by atoms with Crippen molar-refractivity contribution in [3.05, 3.63) is 0 Å². The second-order valence-corrected chi connectivity index (χ2v) is 4.62. The van der Waals surface area contributed by atoms with E-state index in [0.717, 1.165) is 25.9 Å². The maximum atomic E-state index is 11.9. The fourth-order valence-electron chi connectivity index (χ4n) is 2.31. The molecule has 1 N–H and O–H groups in total. The number of carbonyl (C=O) groups is 1. The van der Waals surface area contributed by atoms with Crippen LogP contribution in [0.15, 0.2) is 0 Å². The molecule has 1 saturated heterocycles. The van der Waals surface area contributed by atoms with E-state index in [4.69, 9.17) is 4.74 Å². The van der Waals surface area contributed by atoms with Gasteiger partial charge in [0.25, 0.3) is 0 Å². The summed E-state index contributed by atoms with van der Waals surface area (Å²) in [7, 11) is 1.67. The normalized spacial score (nSPS) is 23.6. The predicted molar refractivity (Wildman–Crippen MR) is 71.6 cm³/mol. The zero-order valence-corrected chi connectivity index (χ0v) is 11.9. The van der Waals surface area contributed by atoms with Gasteiger partial charge in [0.1, 0.15) is 0 Å². The highest BCUT2D eigenvalue weighted by Crippen LogP contribution is 2.24. The molecule has 1 aliphatic rings. The molecule has 0 aliphatic carbocycles. The summed E-state index contributed by atoms with van der Waals surface area (Å²) in [5.41, 5.74) is 0. The van der Waals surface area contributed by atoms with Crippen molar-refractivity contribution in [3.8, 4) is 0 Å². The molecule has 1 fully saturated rings. The van der Waals surface area contributed by atoms with E-state index in [2.05, 4.69) is 19.2 Å². The summed E-state index contributed by atoms with van der Waals surface area (Å²) in [6, 6.07) is 0.451. The van der Waals surface area contributed by atoms with Crippen LogP contribution in [0, 0.1) is 5.92 Å². The first-order valence-corrected chi connectivity index (χ1v) is 6.18. The topological polar surface area (TPSA) is 41.6 Å². The minimum atomic E-state index is 0. The van der Waals surface area contributed by atoms with E-state index in [1.807, 2.05) is 4.90 Å². The SMILES string of the molecule is CCC1CC(C)CN1C(=O)CNCCOC.Cl. The minimum Gasteiger partial charge on any atom is -0.383 e. The summed E-state index contributed by atoms with van der Waals surface area (Å²) >= 11 is 0. The quantitative estimate of drug-likeness (QED) is 0.735. The van der Waals surface area contributed by atoms with Crippen LogP contribution < -0.4 is 5.32 Å². The Balaban J connectivity index is 0.00000256. The Morgan fingerprint density at radius 2 is 2.24 bits per heavy atom. The fraction of sp³-hybridized carbons (Fsp3) is 0.917. The molecule has 1 amide bonds. The van der Waals surface area contributed by atoms with Crippen molar-refractivity contribution in [1.82, 2.24) is 10.2 Å². The first kappa shape index (κ1) is 16.7. The first-order valence-electron chi connectivity index (χ1n) is 6.18. The highest BCUT2D eigenvalue weighted by atomic mass is 35.5. The van der Waals surface area contributed by atoms with Crippen molar-refractivity contribution in [2.75, 3.05) is 33.4 Å². The third-order valence-corrected chi connectivity index (χ3v) is 3.17. The number of halogens is 1. The summed E-state index contributed by atoms with van der Waals surface area (Å²) in [6.07, 6.45) is 2.22. The monoisotopic (exact) mass is 264 g/mol. The van der Waals surface area contributed by atoms with Crippen LogP contribution in [0.2, 0.25) is 0 Å². The molecular formula is C12H25ClN2O2. The van der Waals surface area contributed by atoms with Gasteiger partial charge in [-0.15, -0.1) is 12.4 Å². The van der Waals surface area contributed by atoms with E-state index in [0.29, 0.717) is 25.1 Å². The molecule has 17 heavy (non-hydrogen) atoms. The maximum Gasteiger partial charge on any atom is 0.236 e. The number of methoxy groups -OCH3 is 1. The molecule has 0 aromatic carbocycles. The fourth-order valence-corrected chi connectivity index (χ4v) is 2.31. The van der Waals surface area contributed by atoms with Crippen LogP contribution in [0.3, 0.4) is 0 Å². The molecule has 2 atom stereocenters. The largest absolute Gasteiger partial charge is 0.383 e. The first-order chi connectivity index (χ1) is 7.69. The van der Waals surface area contributed by atoms with Gasteiger partial charge in [0, 0.05) is 26.2 Å². The van der Waals surface area contributed by atoms with E-state index in [9.17, 15) is 4.79 Å². The Bertz CT molecular complexity index is 227. The molecule has 1 rings (SSSR count). The summed E-state index contributed by atoms with van der Waals surface area (Å²) < 4.78 is 4.92. The summed E-state index contributed by atoms with van der Waals surface area (Å²) in [5, 5.41) is 3.11. The van der Waals surface area contributed by atoms with E-state index in [1.165, 1.54) is 0 Å². The highest BCUT2D eigenvalue weighted by molar-refractivity contribution is 5.85. The zero-order chi connectivity index (χ0) is 12.0. The van der Waals surface area contributed by atoms with E-state index < -0.39 is 0 Å². The van der Waals surface area contributed by atoms with Crippen molar-refractivity contribution in [3.63, 3.8) is 0 Å². The predicted octanol–water partition coefficient (Wildman–Crippen LogP) is 1.29. The lowest BCUT2D eigenvalue weighted by Crippen LogP contribution is -2.41. The molecule has 1 heterocycles. The average molecular weight is 265 g/mol. The van der Waals surface area contributed by atoms with Gasteiger partial charge in [0.15, 0.2) is 0 Å². The number of hydrogen-bond donors (Lipinski definition) is 1. The number of rotatable bonds is 6. The molecule has 0 aromatic rings. The number of hydrogen-bond acceptors (Lipinski definition) is 3. The molecule has 1 aliphatic heterocycles. The molecule has 0 aromatic heterocycles. The number of amides is 1. The molecule has 0 spiro atoms. The summed E-state index contributed by atoms with van der Waals surface area (Å²) in [5.74, 6) is 0.875. The van der Waals surface area contributed by atoms with Crippen LogP contribution in [0.5, 0.6) is 0 Å².